The minimum absolute atomic E-state index is 0.0129. The molecular formula is C21H18BrF4NO3. The molecule has 4 nitrogen and oxygen atoms in total. The number of fused-ring (bicyclic) bond motifs is 5. The molecule has 1 fully saturated rings. The van der Waals surface area contributed by atoms with E-state index < -0.39 is 17.6 Å². The fraction of sp³-hybridized carbons (Fsp3) is 0.429. The third-order valence-electron chi connectivity index (χ3n) is 5.75. The summed E-state index contributed by atoms with van der Waals surface area (Å²) < 4.78 is 63.2. The summed E-state index contributed by atoms with van der Waals surface area (Å²) in [5.74, 6) is -0.781. The van der Waals surface area contributed by atoms with E-state index in [0.29, 0.717) is 19.1 Å². The number of benzene rings is 1. The molecular weight excluding hydrogens is 470 g/mol. The Morgan fingerprint density at radius 1 is 1.23 bits per heavy atom. The molecule has 9 heteroatoms. The molecule has 1 saturated carbocycles. The molecule has 0 N–H and O–H groups in total. The van der Waals surface area contributed by atoms with Crippen molar-refractivity contribution in [2.45, 2.75) is 44.4 Å². The molecule has 2 bridgehead atoms. The van der Waals surface area contributed by atoms with Crippen LogP contribution in [0.4, 0.5) is 17.6 Å². The van der Waals surface area contributed by atoms with Crippen molar-refractivity contribution in [1.82, 2.24) is 4.98 Å². The van der Waals surface area contributed by atoms with Crippen molar-refractivity contribution in [2.24, 2.45) is 5.92 Å². The number of esters is 1. The van der Waals surface area contributed by atoms with Crippen LogP contribution in [0, 0.1) is 11.7 Å². The lowest BCUT2D eigenvalue weighted by molar-refractivity contribution is -0.148. The first-order valence-electron chi connectivity index (χ1n) is 9.53. The Morgan fingerprint density at radius 2 is 2.00 bits per heavy atom. The van der Waals surface area contributed by atoms with Gasteiger partial charge in [0.1, 0.15) is 12.4 Å². The molecule has 0 radical (unpaired) electrons. The number of ether oxygens (including phenoxy) is 2. The van der Waals surface area contributed by atoms with E-state index in [-0.39, 0.29) is 46.2 Å². The van der Waals surface area contributed by atoms with Crippen LogP contribution in [-0.4, -0.2) is 17.6 Å². The van der Waals surface area contributed by atoms with Crippen molar-refractivity contribution in [2.75, 3.05) is 6.61 Å². The molecule has 1 aromatic heterocycles. The lowest BCUT2D eigenvalue weighted by Crippen LogP contribution is -2.22. The molecule has 3 atom stereocenters. The van der Waals surface area contributed by atoms with Crippen molar-refractivity contribution >= 4 is 21.9 Å². The number of carbonyl (C=O) groups excluding carboxylic acids is 1. The molecule has 30 heavy (non-hydrogen) atoms. The summed E-state index contributed by atoms with van der Waals surface area (Å²) in [5, 5.41) is 0. The second kappa shape index (κ2) is 7.83. The van der Waals surface area contributed by atoms with E-state index in [1.165, 1.54) is 0 Å². The van der Waals surface area contributed by atoms with E-state index >= 15 is 0 Å². The zero-order valence-corrected chi connectivity index (χ0v) is 17.5. The largest absolute Gasteiger partial charge is 0.473 e. The van der Waals surface area contributed by atoms with Crippen LogP contribution >= 0.6 is 15.9 Å². The quantitative estimate of drug-likeness (QED) is 0.398. The van der Waals surface area contributed by atoms with Gasteiger partial charge in [0.2, 0.25) is 5.88 Å². The number of rotatable bonds is 5. The number of alkyl halides is 3. The average Bonchev–Trinajstić information content (AvgIpc) is 3.27. The van der Waals surface area contributed by atoms with Gasteiger partial charge in [-0.15, -0.1) is 0 Å². The highest BCUT2D eigenvalue weighted by Gasteiger charge is 2.48. The van der Waals surface area contributed by atoms with Crippen LogP contribution in [0.5, 0.6) is 5.88 Å². The fourth-order valence-electron chi connectivity index (χ4n) is 4.42. The predicted octanol–water partition coefficient (Wildman–Crippen LogP) is 5.73. The Balaban J connectivity index is 1.48. The van der Waals surface area contributed by atoms with Gasteiger partial charge in [-0.1, -0.05) is 15.9 Å². The molecule has 0 aliphatic heterocycles. The maximum absolute atomic E-state index is 14.1. The van der Waals surface area contributed by atoms with Crippen LogP contribution in [0.15, 0.2) is 28.9 Å². The monoisotopic (exact) mass is 487 g/mol. The van der Waals surface area contributed by atoms with Gasteiger partial charge in [0.25, 0.3) is 0 Å². The molecule has 4 rings (SSSR count). The third kappa shape index (κ3) is 3.79. The highest BCUT2D eigenvalue weighted by atomic mass is 79.9. The summed E-state index contributed by atoms with van der Waals surface area (Å²) in [6, 6.07) is 3.29. The van der Waals surface area contributed by atoms with Gasteiger partial charge in [0, 0.05) is 22.3 Å². The van der Waals surface area contributed by atoms with Crippen LogP contribution in [-0.2, 0) is 22.3 Å². The lowest BCUT2D eigenvalue weighted by atomic mass is 9.84. The SMILES string of the molecule is CCOC(=O)[C@H]1CC2C[C@@H]1c1cnc(OCc3cc(Br)c(C(F)(F)F)cc3F)cc12. The molecule has 2 aliphatic rings. The molecule has 1 unspecified atom stereocenters. The van der Waals surface area contributed by atoms with Gasteiger partial charge in [-0.05, 0) is 54.9 Å². The Bertz CT molecular complexity index is 995. The summed E-state index contributed by atoms with van der Waals surface area (Å²) in [5.41, 5.74) is 0.965. The molecule has 0 saturated heterocycles. The Labute approximate surface area is 178 Å². The second-order valence-corrected chi connectivity index (χ2v) is 8.35. The summed E-state index contributed by atoms with van der Waals surface area (Å²) >= 11 is 2.84. The number of hydrogen-bond donors (Lipinski definition) is 0. The number of nitrogens with zero attached hydrogens (tertiary/aromatic N) is 1. The summed E-state index contributed by atoms with van der Waals surface area (Å²) in [6.07, 6.45) is -1.42. The van der Waals surface area contributed by atoms with Gasteiger partial charge in [-0.25, -0.2) is 9.37 Å². The minimum atomic E-state index is -4.65. The Kier molecular flexibility index (Phi) is 5.50. The van der Waals surface area contributed by atoms with E-state index in [9.17, 15) is 22.4 Å². The van der Waals surface area contributed by atoms with E-state index in [1.54, 1.807) is 19.2 Å². The third-order valence-corrected chi connectivity index (χ3v) is 6.41. The smallest absolute Gasteiger partial charge is 0.417 e. The molecule has 0 amide bonds. The number of aromatic nitrogens is 1. The van der Waals surface area contributed by atoms with Gasteiger partial charge in [0.15, 0.2) is 0 Å². The average molecular weight is 488 g/mol. The number of halogens is 5. The van der Waals surface area contributed by atoms with Crippen LogP contribution in [0.1, 0.15) is 53.9 Å². The number of pyridine rings is 1. The molecule has 1 aromatic carbocycles. The molecule has 1 heterocycles. The van der Waals surface area contributed by atoms with Crippen molar-refractivity contribution in [3.63, 3.8) is 0 Å². The minimum Gasteiger partial charge on any atom is -0.473 e. The van der Waals surface area contributed by atoms with Crippen LogP contribution < -0.4 is 4.74 Å². The van der Waals surface area contributed by atoms with Crippen molar-refractivity contribution in [3.8, 4) is 5.88 Å². The zero-order valence-electron chi connectivity index (χ0n) is 15.9. The zero-order chi connectivity index (χ0) is 21.6. The first kappa shape index (κ1) is 21.1. The van der Waals surface area contributed by atoms with Crippen molar-refractivity contribution in [1.29, 1.82) is 0 Å². The van der Waals surface area contributed by atoms with E-state index in [2.05, 4.69) is 20.9 Å². The highest BCUT2D eigenvalue weighted by molar-refractivity contribution is 9.10. The van der Waals surface area contributed by atoms with Gasteiger partial charge < -0.3 is 9.47 Å². The summed E-state index contributed by atoms with van der Waals surface area (Å²) in [7, 11) is 0. The Hall–Kier alpha value is -2.16. The van der Waals surface area contributed by atoms with E-state index in [4.69, 9.17) is 9.47 Å². The first-order chi connectivity index (χ1) is 14.2. The number of hydrogen-bond acceptors (Lipinski definition) is 4. The van der Waals surface area contributed by atoms with Crippen molar-refractivity contribution < 1.29 is 31.8 Å². The van der Waals surface area contributed by atoms with Crippen LogP contribution in [0.2, 0.25) is 0 Å². The molecule has 2 aliphatic carbocycles. The Morgan fingerprint density at radius 3 is 2.70 bits per heavy atom. The van der Waals surface area contributed by atoms with Crippen LogP contribution in [0.25, 0.3) is 0 Å². The highest BCUT2D eigenvalue weighted by Crippen LogP contribution is 2.56. The lowest BCUT2D eigenvalue weighted by Gasteiger charge is -2.23. The fourth-order valence-corrected chi connectivity index (χ4v) is 5.03. The van der Waals surface area contributed by atoms with Crippen molar-refractivity contribution in [3.05, 3.63) is 56.9 Å². The predicted molar refractivity (Wildman–Crippen MR) is 103 cm³/mol. The van der Waals surface area contributed by atoms with E-state index in [0.717, 1.165) is 23.6 Å². The topological polar surface area (TPSA) is 48.4 Å². The standard InChI is InChI=1S/C21H18BrF4NO3/c1-2-29-20(28)14-4-10-3-13(14)15-8-27-19(6-12(10)15)30-9-11-5-17(22)16(7-18(11)23)21(24,25)26/h5-8,10,13-14H,2-4,9H2,1H3/t10?,13-,14-/m0/s1. The van der Waals surface area contributed by atoms with Gasteiger partial charge in [0.05, 0.1) is 18.1 Å². The van der Waals surface area contributed by atoms with Gasteiger partial charge in [-0.3, -0.25) is 4.79 Å². The second-order valence-electron chi connectivity index (χ2n) is 7.49. The van der Waals surface area contributed by atoms with Crippen LogP contribution in [0.3, 0.4) is 0 Å². The summed E-state index contributed by atoms with van der Waals surface area (Å²) in [6.45, 7) is 1.87. The maximum Gasteiger partial charge on any atom is 0.417 e. The molecule has 0 spiro atoms. The van der Waals surface area contributed by atoms with E-state index in [1.807, 2.05) is 0 Å². The number of carbonyl (C=O) groups is 1. The first-order valence-corrected chi connectivity index (χ1v) is 10.3. The molecule has 2 aromatic rings. The van der Waals surface area contributed by atoms with Gasteiger partial charge >= 0.3 is 12.1 Å². The maximum atomic E-state index is 14.1. The van der Waals surface area contributed by atoms with Gasteiger partial charge in [-0.2, -0.15) is 13.2 Å². The molecule has 160 valence electrons. The normalized spacial score (nSPS) is 22.1. The summed E-state index contributed by atoms with van der Waals surface area (Å²) in [4.78, 5) is 16.4.